The molecule has 0 saturated carbocycles. The molecule has 0 aliphatic heterocycles. The van der Waals surface area contributed by atoms with Gasteiger partial charge in [0, 0.05) is 16.8 Å². The predicted molar refractivity (Wildman–Crippen MR) is 97.1 cm³/mol. The summed E-state index contributed by atoms with van der Waals surface area (Å²) in [6.45, 7) is 0. The minimum Gasteiger partial charge on any atom is -0.273 e. The number of benzene rings is 2. The van der Waals surface area contributed by atoms with Crippen molar-refractivity contribution in [3.63, 3.8) is 0 Å². The maximum atomic E-state index is 12.1. The summed E-state index contributed by atoms with van der Waals surface area (Å²) in [5.74, 6) is -0.740. The molecule has 6 heteroatoms. The van der Waals surface area contributed by atoms with Gasteiger partial charge in [-0.25, -0.2) is 4.98 Å². The minimum atomic E-state index is -0.457. The molecule has 25 heavy (non-hydrogen) atoms. The maximum Gasteiger partial charge on any atom is 0.288 e. The van der Waals surface area contributed by atoms with E-state index >= 15 is 0 Å². The fourth-order valence-electron chi connectivity index (χ4n) is 2.40. The number of carbonyl (C=O) groups excluding carboxylic acids is 2. The Morgan fingerprint density at radius 3 is 2.64 bits per heavy atom. The largest absolute Gasteiger partial charge is 0.288 e. The number of aromatic nitrogens is 1. The van der Waals surface area contributed by atoms with Crippen molar-refractivity contribution >= 4 is 34.3 Å². The lowest BCUT2D eigenvalue weighted by Crippen LogP contribution is -2.42. The van der Waals surface area contributed by atoms with E-state index in [1.807, 2.05) is 48.5 Å². The molecule has 0 spiro atoms. The van der Waals surface area contributed by atoms with Crippen molar-refractivity contribution in [2.45, 2.75) is 12.8 Å². The fourth-order valence-corrected chi connectivity index (χ4v) is 2.61. The van der Waals surface area contributed by atoms with E-state index in [4.69, 9.17) is 11.6 Å². The summed E-state index contributed by atoms with van der Waals surface area (Å²) in [6, 6.07) is 18.3. The summed E-state index contributed by atoms with van der Waals surface area (Å²) in [5.41, 5.74) is 6.72. The van der Waals surface area contributed by atoms with Gasteiger partial charge in [0.15, 0.2) is 0 Å². The van der Waals surface area contributed by atoms with Crippen molar-refractivity contribution < 1.29 is 9.59 Å². The molecule has 1 aromatic heterocycles. The number of hydrogen-bond acceptors (Lipinski definition) is 3. The number of nitrogens with one attached hydrogen (secondary N) is 2. The van der Waals surface area contributed by atoms with Gasteiger partial charge in [-0.3, -0.25) is 20.4 Å². The van der Waals surface area contributed by atoms with Crippen LogP contribution in [-0.2, 0) is 11.2 Å². The second kappa shape index (κ2) is 7.77. The molecule has 3 aromatic rings. The van der Waals surface area contributed by atoms with Crippen LogP contribution in [0.5, 0.6) is 0 Å². The van der Waals surface area contributed by atoms with Crippen LogP contribution in [-0.4, -0.2) is 16.8 Å². The van der Waals surface area contributed by atoms with Crippen LogP contribution >= 0.6 is 11.6 Å². The summed E-state index contributed by atoms with van der Waals surface area (Å²) < 4.78 is 0. The molecule has 0 aliphatic rings. The molecule has 1 heterocycles. The molecule has 0 fully saturated rings. The molecule has 3 rings (SSSR count). The number of amides is 2. The summed E-state index contributed by atoms with van der Waals surface area (Å²) >= 11 is 5.91. The molecule has 0 atom stereocenters. The van der Waals surface area contributed by atoms with Gasteiger partial charge in [-0.15, -0.1) is 0 Å². The van der Waals surface area contributed by atoms with Gasteiger partial charge in [0.25, 0.3) is 5.91 Å². The van der Waals surface area contributed by atoms with Crippen LogP contribution in [0.1, 0.15) is 22.5 Å². The van der Waals surface area contributed by atoms with E-state index < -0.39 is 5.91 Å². The number of hydrazine groups is 1. The van der Waals surface area contributed by atoms with Crippen molar-refractivity contribution in [1.29, 1.82) is 0 Å². The van der Waals surface area contributed by atoms with E-state index in [2.05, 4.69) is 15.8 Å². The Kier molecular flexibility index (Phi) is 5.26. The van der Waals surface area contributed by atoms with Crippen LogP contribution in [0.2, 0.25) is 5.02 Å². The third kappa shape index (κ3) is 4.55. The lowest BCUT2D eigenvalue weighted by atomic mass is 10.1. The molecule has 0 bridgehead atoms. The number of halogens is 1. The molecular formula is C19H16ClN3O2. The number of hydrogen-bond donors (Lipinski definition) is 2. The first-order chi connectivity index (χ1) is 12.1. The number of pyridine rings is 1. The zero-order chi connectivity index (χ0) is 17.6. The normalized spacial score (nSPS) is 10.4. The van der Waals surface area contributed by atoms with Crippen LogP contribution in [0.25, 0.3) is 10.9 Å². The summed E-state index contributed by atoms with van der Waals surface area (Å²) in [4.78, 5) is 28.3. The Morgan fingerprint density at radius 2 is 1.80 bits per heavy atom. The Labute approximate surface area is 150 Å². The first kappa shape index (κ1) is 16.9. The van der Waals surface area contributed by atoms with Crippen LogP contribution < -0.4 is 10.9 Å². The zero-order valence-corrected chi connectivity index (χ0v) is 14.1. The molecule has 2 N–H and O–H groups in total. The Hall–Kier alpha value is -2.92. The van der Waals surface area contributed by atoms with Gasteiger partial charge in [-0.05, 0) is 36.2 Å². The van der Waals surface area contributed by atoms with Gasteiger partial charge in [-0.1, -0.05) is 48.0 Å². The molecule has 0 aliphatic carbocycles. The third-order valence-electron chi connectivity index (χ3n) is 3.68. The topological polar surface area (TPSA) is 71.1 Å². The van der Waals surface area contributed by atoms with Crippen LogP contribution in [0.15, 0.2) is 60.7 Å². The first-order valence-corrected chi connectivity index (χ1v) is 8.19. The molecule has 0 unspecified atom stereocenters. The quantitative estimate of drug-likeness (QED) is 0.707. The van der Waals surface area contributed by atoms with Gasteiger partial charge in [-0.2, -0.15) is 0 Å². The van der Waals surface area contributed by atoms with Gasteiger partial charge in [0.2, 0.25) is 5.91 Å². The van der Waals surface area contributed by atoms with Crippen LogP contribution in [0.3, 0.4) is 0 Å². The van der Waals surface area contributed by atoms with Crippen LogP contribution in [0, 0.1) is 0 Å². The summed E-state index contributed by atoms with van der Waals surface area (Å²) in [6.07, 6.45) is 0.780. The van der Waals surface area contributed by atoms with E-state index in [9.17, 15) is 9.59 Å². The average Bonchev–Trinajstić information content (AvgIpc) is 2.64. The third-order valence-corrected chi connectivity index (χ3v) is 3.91. The van der Waals surface area contributed by atoms with Crippen LogP contribution in [0.4, 0.5) is 0 Å². The number of aryl methyl sites for hydroxylation is 1. The lowest BCUT2D eigenvalue weighted by molar-refractivity contribution is -0.121. The highest BCUT2D eigenvalue weighted by atomic mass is 35.5. The highest BCUT2D eigenvalue weighted by Crippen LogP contribution is 2.12. The highest BCUT2D eigenvalue weighted by Gasteiger charge is 2.09. The van der Waals surface area contributed by atoms with E-state index in [0.29, 0.717) is 11.4 Å². The SMILES string of the molecule is O=C(CCc1cccc(Cl)c1)NNC(=O)c1ccc2ccccc2n1. The smallest absolute Gasteiger partial charge is 0.273 e. The molecular weight excluding hydrogens is 338 g/mol. The predicted octanol–water partition coefficient (Wildman–Crippen LogP) is 3.28. The Balaban J connectivity index is 1.53. The fraction of sp³-hybridized carbons (Fsp3) is 0.105. The van der Waals surface area contributed by atoms with Gasteiger partial charge >= 0.3 is 0 Å². The Bertz CT molecular complexity index is 927. The highest BCUT2D eigenvalue weighted by molar-refractivity contribution is 6.30. The minimum absolute atomic E-state index is 0.242. The standard InChI is InChI=1S/C19H16ClN3O2/c20-15-6-3-4-13(12-15)8-11-18(24)22-23-19(25)17-10-9-14-5-1-2-7-16(14)21-17/h1-7,9-10,12H,8,11H2,(H,22,24)(H,23,25). The second-order valence-electron chi connectivity index (χ2n) is 5.52. The van der Waals surface area contributed by atoms with Gasteiger partial charge < -0.3 is 0 Å². The van der Waals surface area contributed by atoms with Gasteiger partial charge in [0.05, 0.1) is 5.52 Å². The van der Waals surface area contributed by atoms with Crippen molar-refractivity contribution in [1.82, 2.24) is 15.8 Å². The van der Waals surface area contributed by atoms with E-state index in [1.165, 1.54) is 0 Å². The number of fused-ring (bicyclic) bond motifs is 1. The molecule has 0 radical (unpaired) electrons. The Morgan fingerprint density at radius 1 is 0.960 bits per heavy atom. The van der Waals surface area contributed by atoms with Crippen molar-refractivity contribution in [3.05, 3.63) is 76.9 Å². The van der Waals surface area contributed by atoms with E-state index in [-0.39, 0.29) is 18.0 Å². The van der Waals surface area contributed by atoms with E-state index in [1.54, 1.807) is 12.1 Å². The molecule has 5 nitrogen and oxygen atoms in total. The molecule has 2 aromatic carbocycles. The van der Waals surface area contributed by atoms with Crippen molar-refractivity contribution in [2.75, 3.05) is 0 Å². The lowest BCUT2D eigenvalue weighted by Gasteiger charge is -2.08. The van der Waals surface area contributed by atoms with Gasteiger partial charge in [0.1, 0.15) is 5.69 Å². The van der Waals surface area contributed by atoms with Crippen molar-refractivity contribution in [3.8, 4) is 0 Å². The monoisotopic (exact) mass is 353 g/mol. The maximum absolute atomic E-state index is 12.1. The number of nitrogens with zero attached hydrogens (tertiary/aromatic N) is 1. The first-order valence-electron chi connectivity index (χ1n) is 7.81. The van der Waals surface area contributed by atoms with E-state index in [0.717, 1.165) is 16.5 Å². The molecule has 2 amide bonds. The average molecular weight is 354 g/mol. The molecule has 0 saturated heterocycles. The number of para-hydroxylation sites is 1. The summed E-state index contributed by atoms with van der Waals surface area (Å²) in [7, 11) is 0. The van der Waals surface area contributed by atoms with Crippen molar-refractivity contribution in [2.24, 2.45) is 0 Å². The molecule has 126 valence electrons. The zero-order valence-electron chi connectivity index (χ0n) is 13.3. The second-order valence-corrected chi connectivity index (χ2v) is 5.96. The number of carbonyl (C=O) groups is 2. The number of rotatable bonds is 4. The summed E-state index contributed by atoms with van der Waals surface area (Å²) in [5, 5.41) is 1.58.